The van der Waals surface area contributed by atoms with Gasteiger partial charge in [-0.15, -0.1) is 0 Å². The summed E-state index contributed by atoms with van der Waals surface area (Å²) in [6.07, 6.45) is 0. The van der Waals surface area contributed by atoms with Crippen LogP contribution in [-0.4, -0.2) is 39.7 Å². The van der Waals surface area contributed by atoms with Crippen LogP contribution in [0.15, 0.2) is 0 Å². The lowest BCUT2D eigenvalue weighted by atomic mass is 10.2. The van der Waals surface area contributed by atoms with E-state index in [1.807, 2.05) is 0 Å². The highest BCUT2D eigenvalue weighted by molar-refractivity contribution is 6.74. The minimum Gasteiger partial charge on any atom is -0.416 e. The van der Waals surface area contributed by atoms with Crippen LogP contribution < -0.4 is 11.5 Å². The summed E-state index contributed by atoms with van der Waals surface area (Å²) in [5.74, 6) is 0. The first-order valence-electron chi connectivity index (χ1n) is 6.79. The van der Waals surface area contributed by atoms with Crippen molar-refractivity contribution in [2.45, 2.75) is 60.2 Å². The van der Waals surface area contributed by atoms with Crippen LogP contribution in [0.4, 0.5) is 0 Å². The van der Waals surface area contributed by atoms with Gasteiger partial charge in [0.05, 0.1) is 6.61 Å². The lowest BCUT2D eigenvalue weighted by Gasteiger charge is -2.35. The van der Waals surface area contributed by atoms with E-state index in [4.69, 9.17) is 22.4 Å². The van der Waals surface area contributed by atoms with Crippen LogP contribution in [0.2, 0.25) is 18.1 Å². The van der Waals surface area contributed by atoms with Gasteiger partial charge >= 0.3 is 0 Å². The van der Waals surface area contributed by atoms with Crippen LogP contribution in [0, 0.1) is 0 Å². The minimum absolute atomic E-state index is 0. The van der Waals surface area contributed by atoms with Crippen molar-refractivity contribution in [2.24, 2.45) is 11.5 Å². The van der Waals surface area contributed by atoms with Crippen molar-refractivity contribution in [1.82, 2.24) is 0 Å². The molecule has 0 radical (unpaired) electrons. The molecule has 116 valence electrons. The molecule has 0 saturated carbocycles. The molecule has 5 N–H and O–H groups in total. The lowest BCUT2D eigenvalue weighted by Crippen LogP contribution is -2.41. The van der Waals surface area contributed by atoms with Crippen molar-refractivity contribution in [3.05, 3.63) is 0 Å². The Hall–Kier alpha value is 0.0569. The van der Waals surface area contributed by atoms with Crippen molar-refractivity contribution < 1.29 is 10.9 Å². The Morgan fingerprint density at radius 2 is 1.56 bits per heavy atom. The third-order valence-corrected chi connectivity index (χ3v) is 7.05. The molecule has 0 spiro atoms. The summed E-state index contributed by atoms with van der Waals surface area (Å²) in [5, 5.41) is 8.06. The molecular weight excluding hydrogens is 244 g/mol. The zero-order valence-corrected chi connectivity index (χ0v) is 13.5. The molecule has 0 rings (SSSR count). The molecule has 4 nitrogen and oxygen atoms in total. The largest absolute Gasteiger partial charge is 0.416 e. The molecule has 0 aromatic heterocycles. The average molecular weight is 284 g/mol. The van der Waals surface area contributed by atoms with E-state index in [0.29, 0.717) is 31.6 Å². The third-order valence-electron chi connectivity index (χ3n) is 2.52. The van der Waals surface area contributed by atoms with E-state index < -0.39 is 8.32 Å². The molecule has 0 bridgehead atoms. The standard InChI is InChI=1S/C8H21NOSi.C2H7NO.C2H6.CH4/c1-8(2,3)11(4,5)10-7-6-9;3-1-2-4;1-2;/h6-7,9H2,1-5H3;4H,1-3H2;1-2H3;1H4/i;;1D;. The van der Waals surface area contributed by atoms with E-state index in [1.54, 1.807) is 6.92 Å². The molecule has 0 aliphatic heterocycles. The highest BCUT2D eigenvalue weighted by atomic mass is 28.4. The van der Waals surface area contributed by atoms with Gasteiger partial charge in [0.2, 0.25) is 0 Å². The Kier molecular flexibility index (Phi) is 19.5. The van der Waals surface area contributed by atoms with Gasteiger partial charge in [-0.25, -0.2) is 0 Å². The van der Waals surface area contributed by atoms with Crippen LogP contribution in [0.3, 0.4) is 0 Å². The van der Waals surface area contributed by atoms with Crippen LogP contribution >= 0.6 is 0 Å². The fourth-order valence-electron chi connectivity index (χ4n) is 0.531. The molecule has 0 aliphatic rings. The molecule has 0 heterocycles. The summed E-state index contributed by atoms with van der Waals surface area (Å²) in [5.41, 5.74) is 10.2. The van der Waals surface area contributed by atoms with Crippen LogP contribution in [0.5, 0.6) is 0 Å². The van der Waals surface area contributed by atoms with Crippen LogP contribution in [0.1, 0.15) is 43.4 Å². The van der Waals surface area contributed by atoms with Crippen molar-refractivity contribution in [1.29, 1.82) is 0 Å². The van der Waals surface area contributed by atoms with E-state index in [2.05, 4.69) is 33.9 Å². The molecule has 0 aromatic rings. The van der Waals surface area contributed by atoms with Gasteiger partial charge in [0.25, 0.3) is 0 Å². The first-order valence-corrected chi connectivity index (χ1v) is 8.99. The maximum absolute atomic E-state index is 7.75. The number of hydrogen-bond donors (Lipinski definition) is 3. The normalized spacial score (nSPS) is 11.1. The van der Waals surface area contributed by atoms with Gasteiger partial charge in [0.1, 0.15) is 0 Å². The molecule has 0 aliphatic carbocycles. The van der Waals surface area contributed by atoms with Crippen molar-refractivity contribution >= 4 is 8.32 Å². The second-order valence-corrected chi connectivity index (χ2v) is 9.72. The monoisotopic (exact) mass is 283 g/mol. The smallest absolute Gasteiger partial charge is 0.192 e. The molecule has 0 aromatic carbocycles. The zero-order chi connectivity index (χ0) is 15.2. The Morgan fingerprint density at radius 3 is 1.72 bits per heavy atom. The molecule has 0 fully saturated rings. The molecular formula is C13H38N2O2Si. The second kappa shape index (κ2) is 15.1. The van der Waals surface area contributed by atoms with E-state index in [1.165, 1.54) is 0 Å². The van der Waals surface area contributed by atoms with Crippen molar-refractivity contribution in [3.8, 4) is 0 Å². The van der Waals surface area contributed by atoms with E-state index in [9.17, 15) is 0 Å². The highest BCUT2D eigenvalue weighted by Crippen LogP contribution is 2.36. The summed E-state index contributed by atoms with van der Waals surface area (Å²) < 4.78 is 12.0. The second-order valence-electron chi connectivity index (χ2n) is 4.91. The molecule has 5 heteroatoms. The number of aliphatic hydroxyl groups excluding tert-OH is 1. The number of aliphatic hydroxyl groups is 1. The summed E-state index contributed by atoms with van der Waals surface area (Å²) in [4.78, 5) is 0. The fraction of sp³-hybridized carbons (Fsp3) is 1.00. The van der Waals surface area contributed by atoms with Gasteiger partial charge in [0, 0.05) is 21.1 Å². The Bertz CT molecular complexity index is 163. The first kappa shape index (κ1) is 23.2. The van der Waals surface area contributed by atoms with E-state index in [0.717, 1.165) is 0 Å². The highest BCUT2D eigenvalue weighted by Gasteiger charge is 2.36. The maximum Gasteiger partial charge on any atom is 0.192 e. The van der Waals surface area contributed by atoms with Gasteiger partial charge in [0.15, 0.2) is 8.32 Å². The summed E-state index contributed by atoms with van der Waals surface area (Å²) >= 11 is 0. The number of hydrogen-bond acceptors (Lipinski definition) is 4. The van der Waals surface area contributed by atoms with Crippen molar-refractivity contribution in [3.63, 3.8) is 0 Å². The number of nitrogens with two attached hydrogens (primary N) is 2. The Balaban J connectivity index is -0.000000118. The van der Waals surface area contributed by atoms with Crippen molar-refractivity contribution in [2.75, 3.05) is 26.3 Å². The van der Waals surface area contributed by atoms with Gasteiger partial charge in [-0.3, -0.25) is 0 Å². The van der Waals surface area contributed by atoms with E-state index >= 15 is 0 Å². The minimum atomic E-state index is -1.51. The molecule has 0 amide bonds. The maximum atomic E-state index is 7.75. The predicted octanol–water partition coefficient (Wildman–Crippen LogP) is 2.57. The average Bonchev–Trinajstić information content (AvgIpc) is 2.26. The Labute approximate surface area is 118 Å². The zero-order valence-electron chi connectivity index (χ0n) is 13.5. The predicted molar refractivity (Wildman–Crippen MR) is 86.4 cm³/mol. The summed E-state index contributed by atoms with van der Waals surface area (Å²) in [6, 6.07) is 0. The molecule has 0 saturated heterocycles. The van der Waals surface area contributed by atoms with E-state index in [-0.39, 0.29) is 14.0 Å². The van der Waals surface area contributed by atoms with Gasteiger partial charge in [-0.05, 0) is 18.1 Å². The van der Waals surface area contributed by atoms with Gasteiger partial charge in [-0.1, -0.05) is 42.0 Å². The summed E-state index contributed by atoms with van der Waals surface area (Å²) in [7, 11) is -1.51. The quantitative estimate of drug-likeness (QED) is 0.693. The number of rotatable bonds is 4. The van der Waals surface area contributed by atoms with Gasteiger partial charge < -0.3 is 21.0 Å². The molecule has 0 unspecified atom stereocenters. The fourth-order valence-corrected chi connectivity index (χ4v) is 1.59. The SMILES string of the molecule is C.CC(C)(C)[Si](C)(C)OCCN.NCCO.[2H]CC. The van der Waals surface area contributed by atoms with Crippen LogP contribution in [-0.2, 0) is 4.43 Å². The first-order chi connectivity index (χ1) is 8.14. The van der Waals surface area contributed by atoms with Crippen LogP contribution in [0.25, 0.3) is 0 Å². The third kappa shape index (κ3) is 16.1. The Morgan fingerprint density at radius 1 is 1.22 bits per heavy atom. The molecule has 0 atom stereocenters. The topological polar surface area (TPSA) is 81.5 Å². The molecule has 18 heavy (non-hydrogen) atoms. The van der Waals surface area contributed by atoms with Gasteiger partial charge in [-0.2, -0.15) is 0 Å². The lowest BCUT2D eigenvalue weighted by molar-refractivity contribution is 0.297. The summed E-state index contributed by atoms with van der Waals surface area (Å²) in [6.45, 7) is 15.3.